The molecule has 0 aliphatic heterocycles. The van der Waals surface area contributed by atoms with Gasteiger partial charge in [-0.15, -0.1) is 0 Å². The highest BCUT2D eigenvalue weighted by Crippen LogP contribution is 2.29. The third kappa shape index (κ3) is 7.41. The largest absolute Gasteiger partial charge is 0.416 e. The molecular weight excluding hydrogens is 587 g/mol. The summed E-state index contributed by atoms with van der Waals surface area (Å²) in [7, 11) is 0. The smallest absolute Gasteiger partial charge is 0.207 e. The second-order valence-electron chi connectivity index (χ2n) is 10.6. The number of fused-ring (bicyclic) bond motifs is 3. The summed E-state index contributed by atoms with van der Waals surface area (Å²) in [5, 5.41) is 6.83. The minimum absolute atomic E-state index is 0.264. The van der Waals surface area contributed by atoms with E-state index in [1.165, 1.54) is 36.4 Å². The maximum atomic E-state index is 13.1. The zero-order valence-corrected chi connectivity index (χ0v) is 24.2. The number of halogens is 5. The average Bonchev–Trinajstić information content (AvgIpc) is 3.06. The lowest BCUT2D eigenvalue weighted by molar-refractivity contribution is -0.137. The van der Waals surface area contributed by atoms with Crippen LogP contribution in [0.25, 0.3) is 32.3 Å². The normalized spacial score (nSPS) is 10.8. The standard InChI is InChI=1S/C34H18F2.C7H5F3/c35-33-13-7-23(8-14-33)1-3-25-5-11-27-19-32-22-30-18-26(4-2-24-9-15-34(36)16-10-24)6-12-28(30)20-31(32)21-29(27)17-25;8-7(9,10)6-4-2-1-3-5-6/h5-22H;1-5H. The van der Waals surface area contributed by atoms with Gasteiger partial charge in [-0.05, 0) is 129 Å². The van der Waals surface area contributed by atoms with Gasteiger partial charge in [-0.1, -0.05) is 66.1 Å². The molecular formula is C41H23F5. The lowest BCUT2D eigenvalue weighted by Crippen LogP contribution is -2.03. The highest BCUT2D eigenvalue weighted by molar-refractivity contribution is 6.05. The molecule has 0 saturated carbocycles. The fraction of sp³-hybridized carbons (Fsp3) is 0.0244. The van der Waals surface area contributed by atoms with E-state index in [0.717, 1.165) is 66.7 Å². The molecule has 0 N–H and O–H groups in total. The van der Waals surface area contributed by atoms with Crippen molar-refractivity contribution in [1.29, 1.82) is 0 Å². The first kappa shape index (κ1) is 30.1. The Hall–Kier alpha value is -5.91. The molecule has 222 valence electrons. The van der Waals surface area contributed by atoms with Gasteiger partial charge in [-0.3, -0.25) is 0 Å². The molecule has 0 heterocycles. The summed E-state index contributed by atoms with van der Waals surface area (Å²) in [5.41, 5.74) is 2.79. The second-order valence-corrected chi connectivity index (χ2v) is 10.6. The molecule has 0 bridgehead atoms. The first-order chi connectivity index (χ1) is 22.2. The van der Waals surface area contributed by atoms with Crippen LogP contribution < -0.4 is 0 Å². The minimum atomic E-state index is -4.21. The van der Waals surface area contributed by atoms with E-state index in [1.807, 2.05) is 12.1 Å². The average molecular weight is 611 g/mol. The fourth-order valence-corrected chi connectivity index (χ4v) is 4.89. The fourth-order valence-electron chi connectivity index (χ4n) is 4.89. The monoisotopic (exact) mass is 610 g/mol. The van der Waals surface area contributed by atoms with E-state index in [1.54, 1.807) is 30.3 Å². The SMILES string of the molecule is FC(F)(F)c1ccccc1.Fc1ccc(C#Cc2ccc3cc4cc5cc(C#Cc6ccc(F)cc6)ccc5cc4cc3c2)cc1. The van der Waals surface area contributed by atoms with Crippen LogP contribution in [0.5, 0.6) is 0 Å². The number of hydrogen-bond donors (Lipinski definition) is 0. The van der Waals surface area contributed by atoms with Crippen LogP contribution in [0.4, 0.5) is 22.0 Å². The Bertz CT molecular complexity index is 2150. The van der Waals surface area contributed by atoms with E-state index in [2.05, 4.69) is 72.2 Å². The molecule has 7 rings (SSSR count). The summed E-state index contributed by atoms with van der Waals surface area (Å²) in [5.74, 6) is 12.0. The van der Waals surface area contributed by atoms with E-state index >= 15 is 0 Å². The number of benzene rings is 7. The van der Waals surface area contributed by atoms with Crippen LogP contribution in [-0.4, -0.2) is 0 Å². The van der Waals surface area contributed by atoms with Crippen LogP contribution in [0, 0.1) is 35.3 Å². The van der Waals surface area contributed by atoms with E-state index in [0.29, 0.717) is 0 Å². The van der Waals surface area contributed by atoms with Gasteiger partial charge in [0.1, 0.15) is 11.6 Å². The third-order valence-corrected chi connectivity index (χ3v) is 7.24. The molecule has 7 aromatic carbocycles. The van der Waals surface area contributed by atoms with Gasteiger partial charge in [0.05, 0.1) is 5.56 Å². The predicted octanol–water partition coefficient (Wildman–Crippen LogP) is 10.9. The van der Waals surface area contributed by atoms with E-state index in [-0.39, 0.29) is 11.6 Å². The summed E-state index contributed by atoms with van der Waals surface area (Å²) in [4.78, 5) is 0. The molecule has 0 radical (unpaired) electrons. The molecule has 0 aliphatic carbocycles. The number of alkyl halides is 3. The summed E-state index contributed by atoms with van der Waals surface area (Å²) in [6, 6.07) is 39.9. The summed E-state index contributed by atoms with van der Waals surface area (Å²) < 4.78 is 61.6. The molecule has 0 aromatic heterocycles. The van der Waals surface area contributed by atoms with Crippen LogP contribution in [0.3, 0.4) is 0 Å². The highest BCUT2D eigenvalue weighted by atomic mass is 19.4. The van der Waals surface area contributed by atoms with Crippen molar-refractivity contribution in [2.24, 2.45) is 0 Å². The zero-order valence-electron chi connectivity index (χ0n) is 24.2. The maximum absolute atomic E-state index is 13.1. The summed E-state index contributed by atoms with van der Waals surface area (Å²) >= 11 is 0. The molecule has 0 amide bonds. The Morgan fingerprint density at radius 3 is 1.09 bits per heavy atom. The van der Waals surface area contributed by atoms with Crippen LogP contribution in [-0.2, 0) is 6.18 Å². The van der Waals surface area contributed by atoms with E-state index in [9.17, 15) is 22.0 Å². The molecule has 0 unspecified atom stereocenters. The Kier molecular flexibility index (Phi) is 8.50. The molecule has 0 spiro atoms. The van der Waals surface area contributed by atoms with E-state index < -0.39 is 11.7 Å². The van der Waals surface area contributed by atoms with Gasteiger partial charge < -0.3 is 0 Å². The van der Waals surface area contributed by atoms with Gasteiger partial charge in [-0.25, -0.2) is 8.78 Å². The van der Waals surface area contributed by atoms with E-state index in [4.69, 9.17) is 0 Å². The van der Waals surface area contributed by atoms with Gasteiger partial charge >= 0.3 is 6.18 Å². The quantitative estimate of drug-likeness (QED) is 0.0911. The van der Waals surface area contributed by atoms with Crippen LogP contribution >= 0.6 is 0 Å². The molecule has 7 aromatic rings. The van der Waals surface area contributed by atoms with Crippen molar-refractivity contribution < 1.29 is 22.0 Å². The molecule has 0 nitrogen and oxygen atoms in total. The molecule has 46 heavy (non-hydrogen) atoms. The molecule has 5 heteroatoms. The van der Waals surface area contributed by atoms with Crippen LogP contribution in [0.15, 0.2) is 140 Å². The molecule has 0 saturated heterocycles. The van der Waals surface area contributed by atoms with Crippen molar-refractivity contribution in [1.82, 2.24) is 0 Å². The van der Waals surface area contributed by atoms with Crippen molar-refractivity contribution >= 4 is 32.3 Å². The first-order valence-electron chi connectivity index (χ1n) is 14.3. The number of rotatable bonds is 0. The Morgan fingerprint density at radius 1 is 0.348 bits per heavy atom. The lowest BCUT2D eigenvalue weighted by Gasteiger charge is -2.06. The zero-order chi connectivity index (χ0) is 32.1. The van der Waals surface area contributed by atoms with Gasteiger partial charge in [0.2, 0.25) is 0 Å². The Balaban J connectivity index is 0.000000319. The second kappa shape index (κ2) is 13.0. The minimum Gasteiger partial charge on any atom is -0.207 e. The van der Waals surface area contributed by atoms with Crippen molar-refractivity contribution in [3.63, 3.8) is 0 Å². The predicted molar refractivity (Wildman–Crippen MR) is 175 cm³/mol. The van der Waals surface area contributed by atoms with Crippen LogP contribution in [0.1, 0.15) is 27.8 Å². The summed E-state index contributed by atoms with van der Waals surface area (Å²) in [6.07, 6.45) is -4.21. The van der Waals surface area contributed by atoms with Crippen molar-refractivity contribution in [3.8, 4) is 23.7 Å². The number of hydrogen-bond acceptors (Lipinski definition) is 0. The van der Waals surface area contributed by atoms with Gasteiger partial charge in [0.25, 0.3) is 0 Å². The van der Waals surface area contributed by atoms with Crippen molar-refractivity contribution in [3.05, 3.63) is 179 Å². The van der Waals surface area contributed by atoms with Gasteiger partial charge in [0.15, 0.2) is 0 Å². The Morgan fingerprint density at radius 2 is 0.696 bits per heavy atom. The first-order valence-corrected chi connectivity index (χ1v) is 14.3. The molecule has 0 aliphatic rings. The van der Waals surface area contributed by atoms with Gasteiger partial charge in [-0.2, -0.15) is 13.2 Å². The Labute approximate surface area is 262 Å². The highest BCUT2D eigenvalue weighted by Gasteiger charge is 2.29. The maximum Gasteiger partial charge on any atom is 0.416 e. The third-order valence-electron chi connectivity index (χ3n) is 7.24. The van der Waals surface area contributed by atoms with Gasteiger partial charge in [0, 0.05) is 22.3 Å². The molecule has 0 fully saturated rings. The van der Waals surface area contributed by atoms with Crippen LogP contribution in [0.2, 0.25) is 0 Å². The van der Waals surface area contributed by atoms with Crippen molar-refractivity contribution in [2.75, 3.05) is 0 Å². The summed E-state index contributed by atoms with van der Waals surface area (Å²) in [6.45, 7) is 0. The lowest BCUT2D eigenvalue weighted by atomic mass is 9.98. The molecule has 0 atom stereocenters. The van der Waals surface area contributed by atoms with Crippen molar-refractivity contribution in [2.45, 2.75) is 6.18 Å². The topological polar surface area (TPSA) is 0 Å².